The number of amides is 1. The number of hydrogen-bond acceptors (Lipinski definition) is 5. The summed E-state index contributed by atoms with van der Waals surface area (Å²) in [6.07, 6.45) is 11.5. The van der Waals surface area contributed by atoms with Crippen LogP contribution in [0, 0.1) is 6.92 Å². The number of carbonyl (C=O) groups is 1. The largest absolute Gasteiger partial charge is 0.352 e. The highest BCUT2D eigenvalue weighted by molar-refractivity contribution is 7.81. The minimum atomic E-state index is -0.140. The molecule has 0 unspecified atom stereocenters. The second-order valence-electron chi connectivity index (χ2n) is 8.53. The number of imidazole rings is 1. The van der Waals surface area contributed by atoms with E-state index in [0.717, 1.165) is 23.1 Å². The molecule has 1 aromatic heterocycles. The molecule has 1 N–H and O–H groups in total. The second kappa shape index (κ2) is 13.1. The molecule has 1 amide bonds. The molecule has 8 heteroatoms. The molecule has 1 aliphatic carbocycles. The van der Waals surface area contributed by atoms with E-state index in [-0.39, 0.29) is 5.91 Å². The second-order valence-corrected chi connectivity index (χ2v) is 9.45. The third-order valence-electron chi connectivity index (χ3n) is 6.03. The first-order chi connectivity index (χ1) is 15.2. The minimum absolute atomic E-state index is 0.140. The topological polar surface area (TPSA) is 53.4 Å². The van der Waals surface area contributed by atoms with E-state index in [4.69, 9.17) is 11.6 Å². The van der Waals surface area contributed by atoms with Crippen molar-refractivity contribution >= 4 is 36.0 Å². The van der Waals surface area contributed by atoms with E-state index >= 15 is 0 Å². The Bertz CT molecular complexity index is 864. The average molecular weight is 480 g/mol. The first-order valence-corrected chi connectivity index (χ1v) is 12.2. The molecule has 32 heavy (non-hydrogen) atoms. The van der Waals surface area contributed by atoms with Gasteiger partial charge in [-0.05, 0) is 58.5 Å². The normalized spacial score (nSPS) is 14.1. The molecule has 178 valence electrons. The Morgan fingerprint density at radius 3 is 2.50 bits per heavy atom. The summed E-state index contributed by atoms with van der Waals surface area (Å²) < 4.78 is 3.71. The quantitative estimate of drug-likeness (QED) is 0.554. The van der Waals surface area contributed by atoms with Gasteiger partial charge in [0.2, 0.25) is 0 Å². The number of thiol groups is 1. The van der Waals surface area contributed by atoms with Gasteiger partial charge in [-0.2, -0.15) is 0 Å². The van der Waals surface area contributed by atoms with Crippen LogP contribution < -0.4 is 9.62 Å². The highest BCUT2D eigenvalue weighted by Gasteiger charge is 2.16. The predicted octanol–water partition coefficient (Wildman–Crippen LogP) is 4.91. The minimum Gasteiger partial charge on any atom is -0.352 e. The summed E-state index contributed by atoms with van der Waals surface area (Å²) >= 11 is 10.6. The zero-order chi connectivity index (χ0) is 23.7. The maximum absolute atomic E-state index is 12.5. The van der Waals surface area contributed by atoms with E-state index < -0.39 is 0 Å². The summed E-state index contributed by atoms with van der Waals surface area (Å²) in [7, 11) is 6.32. The van der Waals surface area contributed by atoms with Gasteiger partial charge in [-0.25, -0.2) is 4.98 Å². The molecule has 0 saturated heterocycles. The van der Waals surface area contributed by atoms with Gasteiger partial charge in [0, 0.05) is 55.6 Å². The molecular formula is C24H38ClN5OS. The van der Waals surface area contributed by atoms with Gasteiger partial charge in [0.1, 0.15) is 5.82 Å². The monoisotopic (exact) mass is 479 g/mol. The number of aromatic nitrogens is 2. The molecule has 1 aliphatic rings. The van der Waals surface area contributed by atoms with E-state index in [1.165, 1.54) is 32.1 Å². The molecular weight excluding hydrogens is 442 g/mol. The van der Waals surface area contributed by atoms with Gasteiger partial charge in [-0.1, -0.05) is 43.7 Å². The van der Waals surface area contributed by atoms with Gasteiger partial charge in [0.25, 0.3) is 5.91 Å². The zero-order valence-electron chi connectivity index (χ0n) is 20.1. The number of rotatable bonds is 7. The van der Waals surface area contributed by atoms with Gasteiger partial charge in [-0.15, -0.1) is 0 Å². The lowest BCUT2D eigenvalue weighted by Gasteiger charge is -2.27. The Kier molecular flexibility index (Phi) is 10.9. The fourth-order valence-electron chi connectivity index (χ4n) is 3.96. The number of nitrogens with one attached hydrogen (secondary N) is 1. The third kappa shape index (κ3) is 7.71. The van der Waals surface area contributed by atoms with Crippen molar-refractivity contribution in [3.05, 3.63) is 46.5 Å². The molecule has 0 radical (unpaired) electrons. The predicted molar refractivity (Wildman–Crippen MR) is 138 cm³/mol. The van der Waals surface area contributed by atoms with Crippen molar-refractivity contribution in [1.29, 1.82) is 0 Å². The number of nitrogens with zero attached hydrogens (tertiary/aromatic N) is 4. The maximum atomic E-state index is 12.5. The van der Waals surface area contributed by atoms with Crippen LogP contribution in [0.25, 0.3) is 0 Å². The smallest absolute Gasteiger partial charge is 0.251 e. The molecule has 1 saturated carbocycles. The molecule has 1 aromatic carbocycles. The molecule has 6 nitrogen and oxygen atoms in total. The zero-order valence-corrected chi connectivity index (χ0v) is 21.7. The Morgan fingerprint density at radius 1 is 1.28 bits per heavy atom. The number of benzene rings is 1. The van der Waals surface area contributed by atoms with E-state index in [1.807, 2.05) is 37.7 Å². The van der Waals surface area contributed by atoms with Crippen molar-refractivity contribution in [2.24, 2.45) is 7.05 Å². The molecule has 0 spiro atoms. The summed E-state index contributed by atoms with van der Waals surface area (Å²) in [5.41, 5.74) is 2.28. The third-order valence-corrected chi connectivity index (χ3v) is 6.74. The number of carbonyl (C=O) groups excluding carboxylic acids is 1. The van der Waals surface area contributed by atoms with Crippen LogP contribution in [-0.2, 0) is 13.5 Å². The van der Waals surface area contributed by atoms with Crippen molar-refractivity contribution < 1.29 is 4.79 Å². The van der Waals surface area contributed by atoms with Crippen molar-refractivity contribution in [3.63, 3.8) is 0 Å². The number of halogens is 1. The molecule has 1 fully saturated rings. The lowest BCUT2D eigenvalue weighted by molar-refractivity contribution is 0.0953. The Labute approximate surface area is 203 Å². The van der Waals surface area contributed by atoms with Crippen molar-refractivity contribution in [3.8, 4) is 0 Å². The first kappa shape index (κ1) is 26.6. The SMILES string of the molecule is CCN(S)c1cc(Cl)cc(C(=O)NCCc2nccn2C)c1C.CN(C)C1CCCCC1. The Morgan fingerprint density at radius 2 is 1.97 bits per heavy atom. The highest BCUT2D eigenvalue weighted by atomic mass is 35.5. The van der Waals surface area contributed by atoms with Gasteiger partial charge in [-0.3, -0.25) is 4.79 Å². The van der Waals surface area contributed by atoms with Crippen LogP contribution in [0.3, 0.4) is 0 Å². The lowest BCUT2D eigenvalue weighted by atomic mass is 9.95. The Hall–Kier alpha value is -1.70. The van der Waals surface area contributed by atoms with Crippen molar-refractivity contribution in [2.45, 2.75) is 58.4 Å². The summed E-state index contributed by atoms with van der Waals surface area (Å²) in [6.45, 7) is 5.12. The van der Waals surface area contributed by atoms with Crippen LogP contribution in [0.1, 0.15) is 60.8 Å². The number of aryl methyl sites for hydroxylation is 1. The summed E-state index contributed by atoms with van der Waals surface area (Å²) in [5, 5.41) is 3.44. The van der Waals surface area contributed by atoms with Crippen LogP contribution in [0.4, 0.5) is 5.69 Å². The summed E-state index contributed by atoms with van der Waals surface area (Å²) in [5.74, 6) is 0.791. The van der Waals surface area contributed by atoms with Gasteiger partial charge in [0.15, 0.2) is 0 Å². The fourth-order valence-corrected chi connectivity index (χ4v) is 4.38. The first-order valence-electron chi connectivity index (χ1n) is 11.4. The van der Waals surface area contributed by atoms with Gasteiger partial charge in [0.05, 0.1) is 5.69 Å². The molecule has 1 heterocycles. The summed E-state index contributed by atoms with van der Waals surface area (Å²) in [6, 6.07) is 4.39. The molecule has 0 bridgehead atoms. The molecule has 0 atom stereocenters. The van der Waals surface area contributed by atoms with E-state index in [9.17, 15) is 4.79 Å². The standard InChI is InChI=1S/C16H21ClN4OS.C8H17N/c1-4-21(23)14-10-12(17)9-13(11(14)2)16(22)19-6-5-15-18-7-8-20(15)3;1-9(2)8-6-4-3-5-7-8/h7-10,23H,4-6H2,1-3H3,(H,19,22);8H,3-7H2,1-2H3. The fraction of sp³-hybridized carbons (Fsp3) is 0.583. The summed E-state index contributed by atoms with van der Waals surface area (Å²) in [4.78, 5) is 19.1. The van der Waals surface area contributed by atoms with Crippen molar-refractivity contribution in [1.82, 2.24) is 19.8 Å². The number of anilines is 1. The van der Waals surface area contributed by atoms with Crippen LogP contribution >= 0.6 is 24.4 Å². The van der Waals surface area contributed by atoms with Crippen LogP contribution in [-0.4, -0.2) is 53.6 Å². The van der Waals surface area contributed by atoms with Crippen molar-refractivity contribution in [2.75, 3.05) is 31.5 Å². The van der Waals surface area contributed by atoms with Crippen LogP contribution in [0.15, 0.2) is 24.5 Å². The van der Waals surface area contributed by atoms with E-state index in [0.29, 0.717) is 30.1 Å². The van der Waals surface area contributed by atoms with E-state index in [2.05, 4.69) is 42.1 Å². The average Bonchev–Trinajstić information content (AvgIpc) is 3.20. The van der Waals surface area contributed by atoms with Crippen LogP contribution in [0.5, 0.6) is 0 Å². The molecule has 2 aromatic rings. The highest BCUT2D eigenvalue weighted by Crippen LogP contribution is 2.29. The molecule has 3 rings (SSSR count). The molecule has 0 aliphatic heterocycles. The van der Waals surface area contributed by atoms with Crippen LogP contribution in [0.2, 0.25) is 5.02 Å². The van der Waals surface area contributed by atoms with Gasteiger partial charge >= 0.3 is 0 Å². The number of hydrogen-bond donors (Lipinski definition) is 2. The maximum Gasteiger partial charge on any atom is 0.251 e. The Balaban J connectivity index is 0.000000336. The van der Waals surface area contributed by atoms with E-state index in [1.54, 1.807) is 16.6 Å². The lowest BCUT2D eigenvalue weighted by Crippen LogP contribution is -2.29. The van der Waals surface area contributed by atoms with Gasteiger partial charge < -0.3 is 19.1 Å².